The normalized spacial score (nSPS) is 13.1. The lowest BCUT2D eigenvalue weighted by molar-refractivity contribution is 0.0763. The van der Waals surface area contributed by atoms with E-state index < -0.39 is 5.82 Å². The Balaban J connectivity index is 1.63. The van der Waals surface area contributed by atoms with E-state index >= 15 is 0 Å². The van der Waals surface area contributed by atoms with Crippen molar-refractivity contribution >= 4 is 5.91 Å². The summed E-state index contributed by atoms with van der Waals surface area (Å²) < 4.78 is 22.0. The van der Waals surface area contributed by atoms with Gasteiger partial charge in [0.2, 0.25) is 11.7 Å². The minimum absolute atomic E-state index is 0.0590. The molecule has 0 bridgehead atoms. The highest BCUT2D eigenvalue weighted by atomic mass is 19.1. The summed E-state index contributed by atoms with van der Waals surface area (Å²) in [5.41, 5.74) is 2.08. The molecule has 2 aromatic heterocycles. The van der Waals surface area contributed by atoms with E-state index in [1.54, 1.807) is 17.0 Å². The fourth-order valence-electron chi connectivity index (χ4n) is 3.32. The fourth-order valence-corrected chi connectivity index (χ4v) is 3.32. The van der Waals surface area contributed by atoms with Crippen LogP contribution in [0.5, 0.6) is 11.6 Å². The molecule has 0 spiro atoms. The highest BCUT2D eigenvalue weighted by molar-refractivity contribution is 5.94. The molecule has 1 aromatic carbocycles. The van der Waals surface area contributed by atoms with E-state index in [0.717, 1.165) is 18.5 Å². The average Bonchev–Trinajstić information content (AvgIpc) is 3.17. The lowest BCUT2D eigenvalue weighted by Crippen LogP contribution is -2.26. The molecular weight excluding hydrogens is 361 g/mol. The summed E-state index contributed by atoms with van der Waals surface area (Å²) >= 11 is 0. The number of hydrogen-bond acceptors (Lipinski definition) is 5. The summed E-state index contributed by atoms with van der Waals surface area (Å²) in [5, 5.41) is 0. The first kappa shape index (κ1) is 18.1. The number of aryl methyl sites for hydroxylation is 1. The molecule has 1 amide bonds. The number of halogens is 1. The first-order valence-corrected chi connectivity index (χ1v) is 9.18. The Morgan fingerprint density at radius 3 is 2.86 bits per heavy atom. The Kier molecular flexibility index (Phi) is 4.77. The molecule has 1 aliphatic rings. The Bertz CT molecular complexity index is 1020. The number of aromatic nitrogens is 4. The number of ether oxygens (including phenoxy) is 1. The van der Waals surface area contributed by atoms with Crippen molar-refractivity contribution in [3.63, 3.8) is 0 Å². The van der Waals surface area contributed by atoms with Crippen molar-refractivity contribution in [2.45, 2.75) is 33.4 Å². The van der Waals surface area contributed by atoms with E-state index in [0.29, 0.717) is 30.3 Å². The molecule has 0 fully saturated rings. The third kappa shape index (κ3) is 3.21. The molecule has 4 rings (SSSR count). The van der Waals surface area contributed by atoms with Gasteiger partial charge >= 0.3 is 0 Å². The first-order valence-electron chi connectivity index (χ1n) is 9.18. The number of carbonyl (C=O) groups is 1. The maximum absolute atomic E-state index is 14.7. The van der Waals surface area contributed by atoms with Crippen LogP contribution in [0.1, 0.15) is 36.1 Å². The molecular formula is C20H20FN5O2. The summed E-state index contributed by atoms with van der Waals surface area (Å²) in [4.78, 5) is 26.6. The molecule has 28 heavy (non-hydrogen) atoms. The second kappa shape index (κ2) is 7.38. The van der Waals surface area contributed by atoms with Crippen LogP contribution in [0.15, 0.2) is 36.8 Å². The zero-order valence-electron chi connectivity index (χ0n) is 15.7. The standard InChI is InChI=1S/C20H20FN5O2/c1-3-4-9-25-12-26-18(13(2)24-19(26)20(25)27)14-5-6-16(15(21)10-14)28-17-11-22-7-8-23-17/h5-8,10-11H,3-4,9,12H2,1-2H3. The first-order chi connectivity index (χ1) is 13.6. The minimum Gasteiger partial charge on any atom is -0.434 e. The van der Waals surface area contributed by atoms with Gasteiger partial charge in [0.1, 0.15) is 0 Å². The number of unbranched alkanes of at least 4 members (excludes halogenated alkanes) is 1. The zero-order chi connectivity index (χ0) is 19.7. The zero-order valence-corrected chi connectivity index (χ0v) is 15.7. The van der Waals surface area contributed by atoms with Gasteiger partial charge in [-0.05, 0) is 31.5 Å². The van der Waals surface area contributed by atoms with Gasteiger partial charge in [0.05, 0.1) is 24.3 Å². The van der Waals surface area contributed by atoms with Gasteiger partial charge in [-0.1, -0.05) is 13.3 Å². The van der Waals surface area contributed by atoms with E-state index in [4.69, 9.17) is 4.74 Å². The SMILES string of the molecule is CCCCN1Cn2c(nc(C)c2-c2ccc(Oc3cnccn3)c(F)c2)C1=O. The fraction of sp³-hybridized carbons (Fsp3) is 0.300. The van der Waals surface area contributed by atoms with Crippen molar-refractivity contribution in [3.8, 4) is 22.9 Å². The Morgan fingerprint density at radius 2 is 2.14 bits per heavy atom. The second-order valence-corrected chi connectivity index (χ2v) is 6.65. The van der Waals surface area contributed by atoms with E-state index in [1.807, 2.05) is 11.5 Å². The lowest BCUT2D eigenvalue weighted by Gasteiger charge is -2.16. The number of amides is 1. The maximum Gasteiger partial charge on any atom is 0.291 e. The van der Waals surface area contributed by atoms with E-state index in [-0.39, 0.29) is 17.5 Å². The van der Waals surface area contributed by atoms with Crippen molar-refractivity contribution in [3.05, 3.63) is 54.1 Å². The molecule has 3 aromatic rings. The third-order valence-electron chi connectivity index (χ3n) is 4.67. The van der Waals surface area contributed by atoms with Crippen LogP contribution in [0.25, 0.3) is 11.3 Å². The number of fused-ring (bicyclic) bond motifs is 1. The van der Waals surface area contributed by atoms with Crippen LogP contribution in [0, 0.1) is 12.7 Å². The Morgan fingerprint density at radius 1 is 1.29 bits per heavy atom. The molecule has 144 valence electrons. The summed E-state index contributed by atoms with van der Waals surface area (Å²) in [7, 11) is 0. The van der Waals surface area contributed by atoms with Gasteiger partial charge in [-0.15, -0.1) is 0 Å². The molecule has 0 aliphatic carbocycles. The minimum atomic E-state index is -0.523. The third-order valence-corrected chi connectivity index (χ3v) is 4.67. The van der Waals surface area contributed by atoms with Crippen LogP contribution in [-0.2, 0) is 6.67 Å². The summed E-state index contributed by atoms with van der Waals surface area (Å²) in [6.07, 6.45) is 6.35. The monoisotopic (exact) mass is 381 g/mol. The molecule has 0 atom stereocenters. The van der Waals surface area contributed by atoms with Gasteiger partial charge in [0.25, 0.3) is 5.91 Å². The highest BCUT2D eigenvalue weighted by Crippen LogP contribution is 2.32. The number of rotatable bonds is 6. The van der Waals surface area contributed by atoms with Gasteiger partial charge in [-0.25, -0.2) is 14.4 Å². The molecule has 1 aliphatic heterocycles. The molecule has 0 radical (unpaired) electrons. The number of benzene rings is 1. The van der Waals surface area contributed by atoms with Crippen LogP contribution >= 0.6 is 0 Å². The van der Waals surface area contributed by atoms with Crippen LogP contribution in [0.2, 0.25) is 0 Å². The largest absolute Gasteiger partial charge is 0.434 e. The molecule has 8 heteroatoms. The molecule has 0 saturated heterocycles. The second-order valence-electron chi connectivity index (χ2n) is 6.65. The lowest BCUT2D eigenvalue weighted by atomic mass is 10.1. The molecule has 3 heterocycles. The summed E-state index contributed by atoms with van der Waals surface area (Å²) in [5.74, 6) is 0.0801. The quantitative estimate of drug-likeness (QED) is 0.649. The highest BCUT2D eigenvalue weighted by Gasteiger charge is 2.32. The predicted molar refractivity (Wildman–Crippen MR) is 100 cm³/mol. The van der Waals surface area contributed by atoms with Crippen molar-refractivity contribution < 1.29 is 13.9 Å². The van der Waals surface area contributed by atoms with Gasteiger partial charge in [-0.2, -0.15) is 0 Å². The number of hydrogen-bond donors (Lipinski definition) is 0. The van der Waals surface area contributed by atoms with Crippen LogP contribution < -0.4 is 4.74 Å². The molecule has 0 unspecified atom stereocenters. The van der Waals surface area contributed by atoms with Gasteiger partial charge < -0.3 is 14.2 Å². The molecule has 0 saturated carbocycles. The van der Waals surface area contributed by atoms with E-state index in [1.165, 1.54) is 24.7 Å². The van der Waals surface area contributed by atoms with Crippen LogP contribution in [0.4, 0.5) is 4.39 Å². The van der Waals surface area contributed by atoms with Gasteiger partial charge in [-0.3, -0.25) is 9.78 Å². The van der Waals surface area contributed by atoms with E-state index in [2.05, 4.69) is 21.9 Å². The van der Waals surface area contributed by atoms with Crippen molar-refractivity contribution in [2.24, 2.45) is 0 Å². The summed E-state index contributed by atoms with van der Waals surface area (Å²) in [6.45, 7) is 5.04. The number of carbonyl (C=O) groups excluding carboxylic acids is 1. The average molecular weight is 381 g/mol. The van der Waals surface area contributed by atoms with Crippen LogP contribution in [-0.4, -0.2) is 36.9 Å². The van der Waals surface area contributed by atoms with Crippen molar-refractivity contribution in [1.29, 1.82) is 0 Å². The Labute approximate surface area is 161 Å². The number of imidazole rings is 1. The van der Waals surface area contributed by atoms with Crippen LogP contribution in [0.3, 0.4) is 0 Å². The predicted octanol–water partition coefficient (Wildman–Crippen LogP) is 3.79. The Hall–Kier alpha value is -3.29. The molecule has 0 N–H and O–H groups in total. The maximum atomic E-state index is 14.7. The molecule has 7 nitrogen and oxygen atoms in total. The van der Waals surface area contributed by atoms with Gasteiger partial charge in [0.15, 0.2) is 11.6 Å². The van der Waals surface area contributed by atoms with Gasteiger partial charge in [0, 0.05) is 24.5 Å². The smallest absolute Gasteiger partial charge is 0.291 e. The number of nitrogens with zero attached hydrogens (tertiary/aromatic N) is 5. The summed E-state index contributed by atoms with van der Waals surface area (Å²) in [6, 6.07) is 4.69. The topological polar surface area (TPSA) is 73.1 Å². The van der Waals surface area contributed by atoms with Crippen molar-refractivity contribution in [2.75, 3.05) is 6.54 Å². The van der Waals surface area contributed by atoms with E-state index in [9.17, 15) is 9.18 Å². The van der Waals surface area contributed by atoms with Crippen molar-refractivity contribution in [1.82, 2.24) is 24.4 Å².